The van der Waals surface area contributed by atoms with E-state index in [1.165, 1.54) is 28.8 Å². The van der Waals surface area contributed by atoms with Crippen LogP contribution < -0.4 is 10.6 Å². The molecule has 0 aliphatic carbocycles. The van der Waals surface area contributed by atoms with E-state index in [4.69, 9.17) is 5.11 Å². The molecule has 1 aromatic rings. The van der Waals surface area contributed by atoms with Gasteiger partial charge in [-0.2, -0.15) is 0 Å². The molecule has 0 saturated carbocycles. The largest absolute Gasteiger partial charge is 0.478 e. The van der Waals surface area contributed by atoms with E-state index in [0.29, 0.717) is 23.6 Å². The number of amides is 1. The van der Waals surface area contributed by atoms with E-state index in [1.54, 1.807) is 19.1 Å². The van der Waals surface area contributed by atoms with Gasteiger partial charge in [-0.05, 0) is 31.5 Å². The Bertz CT molecular complexity index is 1010. The number of benzene rings is 1. The topological polar surface area (TPSA) is 159 Å². The third-order valence-electron chi connectivity index (χ3n) is 6.60. The molecule has 3 heterocycles. The number of aromatic carboxylic acids is 1. The number of aliphatic hydroxyl groups excluding tert-OH is 2. The number of thioether (sulfide) groups is 1. The standard InChI is InChI=1S/C22H27N3O7S/c1-9-16-15(10(2)26)20(28)25(16)17(22(31)32)18(9)33-13-7-14(23-8-13)19(27)24-12-5-3-4-11(6-12)21(29)30/h3-6,9-10,13-16,20,23,26,28H,7-8H2,1-2H3,(H,24,27)(H,29,30)(H,31,32)/t9-,10-,13+,14+,15-,16-,20?/m1/s1. The number of carbonyl (C=O) groups is 3. The minimum Gasteiger partial charge on any atom is -0.478 e. The van der Waals surface area contributed by atoms with Gasteiger partial charge in [-0.3, -0.25) is 4.79 Å². The average Bonchev–Trinajstić information content (AvgIpc) is 3.30. The highest BCUT2D eigenvalue weighted by Crippen LogP contribution is 2.53. The lowest BCUT2D eigenvalue weighted by molar-refractivity contribution is -0.192. The summed E-state index contributed by atoms with van der Waals surface area (Å²) in [6.07, 6.45) is -1.34. The molecule has 33 heavy (non-hydrogen) atoms. The van der Waals surface area contributed by atoms with Crippen molar-refractivity contribution in [3.05, 3.63) is 40.4 Å². The molecular formula is C22H27N3O7S. The molecule has 0 bridgehead atoms. The van der Waals surface area contributed by atoms with Gasteiger partial charge in [0.2, 0.25) is 5.91 Å². The molecule has 2 fully saturated rings. The van der Waals surface area contributed by atoms with E-state index >= 15 is 0 Å². The molecular weight excluding hydrogens is 450 g/mol. The molecule has 3 aliphatic heterocycles. The number of fused-ring (bicyclic) bond motifs is 1. The number of carboxylic acids is 2. The summed E-state index contributed by atoms with van der Waals surface area (Å²) < 4.78 is 0. The number of carboxylic acid groups (broad SMARTS) is 2. The summed E-state index contributed by atoms with van der Waals surface area (Å²) in [7, 11) is 0. The van der Waals surface area contributed by atoms with Gasteiger partial charge >= 0.3 is 11.9 Å². The fourth-order valence-electron chi connectivity index (χ4n) is 5.02. The number of aliphatic carboxylic acids is 1. The van der Waals surface area contributed by atoms with Crippen molar-refractivity contribution in [2.45, 2.75) is 49.9 Å². The van der Waals surface area contributed by atoms with Crippen LogP contribution in [-0.2, 0) is 9.59 Å². The number of anilines is 1. The molecule has 2 saturated heterocycles. The highest BCUT2D eigenvalue weighted by atomic mass is 32.2. The molecule has 10 nitrogen and oxygen atoms in total. The Morgan fingerprint density at radius 2 is 1.97 bits per heavy atom. The second-order valence-electron chi connectivity index (χ2n) is 8.75. The van der Waals surface area contributed by atoms with Crippen LogP contribution in [0.15, 0.2) is 34.9 Å². The molecule has 0 aromatic heterocycles. The first-order valence-electron chi connectivity index (χ1n) is 10.8. The Labute approximate surface area is 194 Å². The van der Waals surface area contributed by atoms with Crippen LogP contribution in [0.5, 0.6) is 0 Å². The molecule has 3 aliphatic rings. The lowest BCUT2D eigenvalue weighted by Crippen LogP contribution is -2.66. The molecule has 11 heteroatoms. The van der Waals surface area contributed by atoms with Crippen LogP contribution in [0, 0.1) is 11.8 Å². The summed E-state index contributed by atoms with van der Waals surface area (Å²) in [6.45, 7) is 3.99. The van der Waals surface area contributed by atoms with Crippen molar-refractivity contribution >= 4 is 35.3 Å². The van der Waals surface area contributed by atoms with Crippen LogP contribution in [0.3, 0.4) is 0 Å². The lowest BCUT2D eigenvalue weighted by Gasteiger charge is -2.53. The maximum atomic E-state index is 12.7. The number of carbonyl (C=O) groups excluding carboxylic acids is 1. The normalized spacial score (nSPS) is 31.7. The summed E-state index contributed by atoms with van der Waals surface area (Å²) in [4.78, 5) is 37.9. The summed E-state index contributed by atoms with van der Waals surface area (Å²) in [5, 5.41) is 45.2. The molecule has 0 radical (unpaired) electrons. The smallest absolute Gasteiger partial charge is 0.353 e. The van der Waals surface area contributed by atoms with Crippen molar-refractivity contribution in [3.8, 4) is 0 Å². The zero-order chi connectivity index (χ0) is 24.0. The SMILES string of the molecule is C[C@@H](O)[C@H]1C(O)N2C(C(=O)O)=C(S[C@@H]3CN[C@H](C(=O)Nc4cccc(C(=O)O)c4)C3)[C@H](C)[C@H]12. The van der Waals surface area contributed by atoms with Gasteiger partial charge in [-0.15, -0.1) is 11.8 Å². The van der Waals surface area contributed by atoms with Crippen molar-refractivity contribution in [1.29, 1.82) is 0 Å². The molecule has 1 amide bonds. The third kappa shape index (κ3) is 4.21. The van der Waals surface area contributed by atoms with E-state index < -0.39 is 36.2 Å². The second kappa shape index (κ2) is 8.98. The minimum absolute atomic E-state index is 0.0567. The Morgan fingerprint density at radius 1 is 1.24 bits per heavy atom. The highest BCUT2D eigenvalue weighted by molar-refractivity contribution is 8.03. The summed E-state index contributed by atoms with van der Waals surface area (Å²) in [6, 6.07) is 5.22. The number of aliphatic hydroxyl groups is 2. The summed E-state index contributed by atoms with van der Waals surface area (Å²) >= 11 is 1.40. The fraction of sp³-hybridized carbons (Fsp3) is 0.500. The maximum Gasteiger partial charge on any atom is 0.353 e. The molecule has 178 valence electrons. The molecule has 1 aromatic carbocycles. The second-order valence-corrected chi connectivity index (χ2v) is 10.1. The fourth-order valence-corrected chi connectivity index (χ4v) is 6.51. The van der Waals surface area contributed by atoms with Crippen molar-refractivity contribution in [2.24, 2.45) is 11.8 Å². The van der Waals surface area contributed by atoms with Crippen LogP contribution >= 0.6 is 11.8 Å². The summed E-state index contributed by atoms with van der Waals surface area (Å²) in [5.74, 6) is -3.08. The van der Waals surface area contributed by atoms with Gasteiger partial charge in [0.1, 0.15) is 11.9 Å². The number of hydrogen-bond donors (Lipinski definition) is 6. The van der Waals surface area contributed by atoms with Gasteiger partial charge in [0, 0.05) is 34.3 Å². The minimum atomic E-state index is -1.12. The van der Waals surface area contributed by atoms with Gasteiger partial charge < -0.3 is 36.0 Å². The zero-order valence-electron chi connectivity index (χ0n) is 18.1. The number of rotatable bonds is 7. The van der Waals surface area contributed by atoms with Gasteiger partial charge in [0.15, 0.2) is 0 Å². The van der Waals surface area contributed by atoms with E-state index in [2.05, 4.69) is 10.6 Å². The van der Waals surface area contributed by atoms with Crippen LogP contribution in [0.4, 0.5) is 5.69 Å². The molecule has 6 N–H and O–H groups in total. The molecule has 4 rings (SSSR count). The lowest BCUT2D eigenvalue weighted by atomic mass is 9.78. The number of nitrogens with one attached hydrogen (secondary N) is 2. The Kier molecular flexibility index (Phi) is 6.41. The van der Waals surface area contributed by atoms with Gasteiger partial charge in [0.25, 0.3) is 0 Å². The van der Waals surface area contributed by atoms with E-state index in [-0.39, 0.29) is 34.4 Å². The number of hydrogen-bond acceptors (Lipinski definition) is 8. The Morgan fingerprint density at radius 3 is 2.61 bits per heavy atom. The average molecular weight is 478 g/mol. The van der Waals surface area contributed by atoms with Crippen LogP contribution in [-0.4, -0.2) is 79.4 Å². The monoisotopic (exact) mass is 477 g/mol. The van der Waals surface area contributed by atoms with Crippen molar-refractivity contribution in [3.63, 3.8) is 0 Å². The van der Waals surface area contributed by atoms with Crippen molar-refractivity contribution < 1.29 is 34.8 Å². The summed E-state index contributed by atoms with van der Waals surface area (Å²) in [5.41, 5.74) is 0.534. The Hall–Kier alpha value is -2.60. The van der Waals surface area contributed by atoms with Crippen LogP contribution in [0.1, 0.15) is 30.6 Å². The maximum absolute atomic E-state index is 12.7. The molecule has 1 unspecified atom stereocenters. The molecule has 0 spiro atoms. The predicted molar refractivity (Wildman–Crippen MR) is 120 cm³/mol. The zero-order valence-corrected chi connectivity index (χ0v) is 19.0. The first-order chi connectivity index (χ1) is 15.6. The third-order valence-corrected chi connectivity index (χ3v) is 8.11. The van der Waals surface area contributed by atoms with Crippen LogP contribution in [0.2, 0.25) is 0 Å². The van der Waals surface area contributed by atoms with Crippen molar-refractivity contribution in [1.82, 2.24) is 10.2 Å². The Balaban J connectivity index is 1.42. The first kappa shape index (κ1) is 23.6. The van der Waals surface area contributed by atoms with E-state index in [1.807, 2.05) is 6.92 Å². The van der Waals surface area contributed by atoms with Gasteiger partial charge in [-0.25, -0.2) is 9.59 Å². The number of nitrogens with zero attached hydrogens (tertiary/aromatic N) is 1. The predicted octanol–water partition coefficient (Wildman–Crippen LogP) is 0.733. The molecule has 7 atom stereocenters. The van der Waals surface area contributed by atoms with Crippen molar-refractivity contribution in [2.75, 3.05) is 11.9 Å². The van der Waals surface area contributed by atoms with Crippen LogP contribution in [0.25, 0.3) is 0 Å². The quantitative estimate of drug-likeness (QED) is 0.330. The van der Waals surface area contributed by atoms with E-state index in [9.17, 15) is 29.7 Å². The first-order valence-corrected chi connectivity index (χ1v) is 11.6. The highest BCUT2D eigenvalue weighted by Gasteiger charge is 2.59. The van der Waals surface area contributed by atoms with Gasteiger partial charge in [-0.1, -0.05) is 13.0 Å². The van der Waals surface area contributed by atoms with Gasteiger partial charge in [0.05, 0.1) is 23.6 Å². The van der Waals surface area contributed by atoms with E-state index in [0.717, 1.165) is 0 Å².